The predicted octanol–water partition coefficient (Wildman–Crippen LogP) is 2.01. The molecule has 2 heterocycles. The third kappa shape index (κ3) is 3.56. The lowest BCUT2D eigenvalue weighted by Gasteiger charge is -2.23. The molecule has 1 aromatic carbocycles. The fraction of sp³-hybridized carbons (Fsp3) is 0.375. The SMILES string of the molecule is CCC(=O)c1cccc(NC(=O)N[C@@H]2CCc3ncnn3C2)c1. The first kappa shape index (κ1) is 15.2. The van der Waals surface area contributed by atoms with Crippen molar-refractivity contribution in [3.63, 3.8) is 0 Å². The molecule has 2 N–H and O–H groups in total. The van der Waals surface area contributed by atoms with Gasteiger partial charge in [0, 0.05) is 24.1 Å². The first-order valence-electron chi connectivity index (χ1n) is 7.73. The molecule has 1 aliphatic heterocycles. The van der Waals surface area contributed by atoms with E-state index in [0.717, 1.165) is 18.7 Å². The van der Waals surface area contributed by atoms with Gasteiger partial charge >= 0.3 is 6.03 Å². The second-order valence-corrected chi connectivity index (χ2v) is 5.55. The summed E-state index contributed by atoms with van der Waals surface area (Å²) < 4.78 is 1.81. The van der Waals surface area contributed by atoms with Gasteiger partial charge in [0.05, 0.1) is 12.6 Å². The van der Waals surface area contributed by atoms with Gasteiger partial charge < -0.3 is 10.6 Å². The monoisotopic (exact) mass is 313 g/mol. The molecule has 0 unspecified atom stereocenters. The van der Waals surface area contributed by atoms with Crippen molar-refractivity contribution in [1.29, 1.82) is 0 Å². The molecule has 0 bridgehead atoms. The molecule has 0 aliphatic carbocycles. The third-order valence-electron chi connectivity index (χ3n) is 3.90. The summed E-state index contributed by atoms with van der Waals surface area (Å²) in [6, 6.07) is 6.72. The van der Waals surface area contributed by atoms with Gasteiger partial charge in [0.2, 0.25) is 0 Å². The third-order valence-corrected chi connectivity index (χ3v) is 3.90. The van der Waals surface area contributed by atoms with Crippen LogP contribution in [0, 0.1) is 0 Å². The van der Waals surface area contributed by atoms with Crippen LogP contribution >= 0.6 is 0 Å². The Morgan fingerprint density at radius 1 is 1.39 bits per heavy atom. The highest BCUT2D eigenvalue weighted by atomic mass is 16.2. The number of aromatic nitrogens is 3. The van der Waals surface area contributed by atoms with Crippen molar-refractivity contribution in [2.24, 2.45) is 0 Å². The molecule has 120 valence electrons. The minimum Gasteiger partial charge on any atom is -0.333 e. The average molecular weight is 313 g/mol. The van der Waals surface area contributed by atoms with E-state index < -0.39 is 0 Å². The molecular weight excluding hydrogens is 294 g/mol. The Morgan fingerprint density at radius 3 is 3.09 bits per heavy atom. The number of urea groups is 1. The molecule has 2 amide bonds. The standard InChI is InChI=1S/C16H19N5O2/c1-2-14(22)11-4-3-5-12(8-11)19-16(23)20-13-6-7-15-17-10-18-21(15)9-13/h3-5,8,10,13H,2,6-7,9H2,1H3,(H2,19,20,23)/t13-/m1/s1. The van der Waals surface area contributed by atoms with Crippen LogP contribution in [0.4, 0.5) is 10.5 Å². The minimum atomic E-state index is -0.278. The van der Waals surface area contributed by atoms with E-state index in [1.54, 1.807) is 24.3 Å². The number of nitrogens with zero attached hydrogens (tertiary/aromatic N) is 3. The van der Waals surface area contributed by atoms with Crippen molar-refractivity contribution in [2.45, 2.75) is 38.8 Å². The highest BCUT2D eigenvalue weighted by Gasteiger charge is 2.21. The number of ketones is 1. The summed E-state index contributed by atoms with van der Waals surface area (Å²) in [6.07, 6.45) is 3.61. The van der Waals surface area contributed by atoms with E-state index in [1.807, 2.05) is 11.6 Å². The molecule has 0 saturated heterocycles. The van der Waals surface area contributed by atoms with Gasteiger partial charge in [-0.05, 0) is 18.6 Å². The Balaban J connectivity index is 1.59. The maximum absolute atomic E-state index is 12.1. The Hall–Kier alpha value is -2.70. The van der Waals surface area contributed by atoms with Crippen LogP contribution in [0.1, 0.15) is 35.9 Å². The quantitative estimate of drug-likeness (QED) is 0.845. The van der Waals surface area contributed by atoms with Crippen molar-refractivity contribution >= 4 is 17.5 Å². The highest BCUT2D eigenvalue weighted by molar-refractivity contribution is 5.98. The van der Waals surface area contributed by atoms with Gasteiger partial charge in [-0.2, -0.15) is 5.10 Å². The normalized spacial score (nSPS) is 16.5. The van der Waals surface area contributed by atoms with Gasteiger partial charge in [-0.3, -0.25) is 4.79 Å². The van der Waals surface area contributed by atoms with Crippen molar-refractivity contribution in [1.82, 2.24) is 20.1 Å². The molecule has 0 radical (unpaired) electrons. The van der Waals surface area contributed by atoms with Crippen LogP contribution in [0.5, 0.6) is 0 Å². The van der Waals surface area contributed by atoms with Crippen molar-refractivity contribution in [2.75, 3.05) is 5.32 Å². The largest absolute Gasteiger partial charge is 0.333 e. The number of fused-ring (bicyclic) bond motifs is 1. The van der Waals surface area contributed by atoms with Gasteiger partial charge in [0.1, 0.15) is 12.2 Å². The molecule has 23 heavy (non-hydrogen) atoms. The molecule has 1 aromatic heterocycles. The number of carbonyl (C=O) groups is 2. The number of anilines is 1. The van der Waals surface area contributed by atoms with Crippen molar-refractivity contribution in [3.8, 4) is 0 Å². The molecule has 3 rings (SSSR count). The number of hydrogen-bond acceptors (Lipinski definition) is 4. The highest BCUT2D eigenvalue weighted by Crippen LogP contribution is 2.14. The number of carbonyl (C=O) groups excluding carboxylic acids is 2. The number of rotatable bonds is 4. The number of amides is 2. The molecule has 7 heteroatoms. The van der Waals surface area contributed by atoms with Crippen LogP contribution in [0.2, 0.25) is 0 Å². The summed E-state index contributed by atoms with van der Waals surface area (Å²) in [7, 11) is 0. The van der Waals surface area contributed by atoms with Crippen molar-refractivity contribution in [3.05, 3.63) is 42.0 Å². The van der Waals surface area contributed by atoms with E-state index in [2.05, 4.69) is 20.7 Å². The topological polar surface area (TPSA) is 88.9 Å². The summed E-state index contributed by atoms with van der Waals surface area (Å²) >= 11 is 0. The fourth-order valence-corrected chi connectivity index (χ4v) is 2.68. The molecule has 0 spiro atoms. The van der Waals surface area contributed by atoms with E-state index >= 15 is 0 Å². The number of nitrogens with one attached hydrogen (secondary N) is 2. The smallest absolute Gasteiger partial charge is 0.319 e. The van der Waals surface area contributed by atoms with E-state index in [1.165, 1.54) is 6.33 Å². The lowest BCUT2D eigenvalue weighted by atomic mass is 10.1. The Morgan fingerprint density at radius 2 is 2.26 bits per heavy atom. The second-order valence-electron chi connectivity index (χ2n) is 5.55. The van der Waals surface area contributed by atoms with Gasteiger partial charge in [-0.25, -0.2) is 14.5 Å². The van der Waals surface area contributed by atoms with Gasteiger partial charge in [0.25, 0.3) is 0 Å². The van der Waals surface area contributed by atoms with Crippen LogP contribution in [0.15, 0.2) is 30.6 Å². The predicted molar refractivity (Wildman–Crippen MR) is 85.3 cm³/mol. The molecule has 7 nitrogen and oxygen atoms in total. The zero-order valence-corrected chi connectivity index (χ0v) is 13.0. The Labute approximate surface area is 134 Å². The molecule has 1 aliphatic rings. The second kappa shape index (κ2) is 6.60. The summed E-state index contributed by atoms with van der Waals surface area (Å²) in [4.78, 5) is 28.0. The number of aryl methyl sites for hydroxylation is 1. The lowest BCUT2D eigenvalue weighted by molar-refractivity contribution is 0.0988. The van der Waals surface area contributed by atoms with E-state index in [-0.39, 0.29) is 17.9 Å². The van der Waals surface area contributed by atoms with Crippen LogP contribution in [0.3, 0.4) is 0 Å². The minimum absolute atomic E-state index is 0.0182. The number of hydrogen-bond donors (Lipinski definition) is 2. The Kier molecular flexibility index (Phi) is 4.36. The maximum Gasteiger partial charge on any atom is 0.319 e. The Bertz CT molecular complexity index is 725. The van der Waals surface area contributed by atoms with Gasteiger partial charge in [0.15, 0.2) is 5.78 Å². The maximum atomic E-state index is 12.1. The first-order chi connectivity index (χ1) is 11.2. The molecule has 0 saturated carbocycles. The van der Waals surface area contributed by atoms with Gasteiger partial charge in [-0.1, -0.05) is 19.1 Å². The van der Waals surface area contributed by atoms with E-state index in [4.69, 9.17) is 0 Å². The summed E-state index contributed by atoms with van der Waals surface area (Å²) in [5.74, 6) is 1.01. The molecule has 1 atom stereocenters. The summed E-state index contributed by atoms with van der Waals surface area (Å²) in [5.41, 5.74) is 1.22. The summed E-state index contributed by atoms with van der Waals surface area (Å²) in [6.45, 7) is 2.44. The fourth-order valence-electron chi connectivity index (χ4n) is 2.68. The molecule has 0 fully saturated rings. The van der Waals surface area contributed by atoms with Crippen LogP contribution in [-0.4, -0.2) is 32.6 Å². The van der Waals surface area contributed by atoms with Crippen LogP contribution < -0.4 is 10.6 Å². The lowest BCUT2D eigenvalue weighted by Crippen LogP contribution is -2.43. The van der Waals surface area contributed by atoms with E-state index in [9.17, 15) is 9.59 Å². The number of Topliss-reactive ketones (excluding diaryl/α,β-unsaturated/α-hetero) is 1. The van der Waals surface area contributed by atoms with Crippen LogP contribution in [0.25, 0.3) is 0 Å². The number of benzene rings is 1. The van der Waals surface area contributed by atoms with Crippen LogP contribution in [-0.2, 0) is 13.0 Å². The van der Waals surface area contributed by atoms with Gasteiger partial charge in [-0.15, -0.1) is 0 Å². The molecular formula is C16H19N5O2. The molecule has 2 aromatic rings. The average Bonchev–Trinajstić information content (AvgIpc) is 3.02. The first-order valence-corrected chi connectivity index (χ1v) is 7.73. The van der Waals surface area contributed by atoms with E-state index in [0.29, 0.717) is 24.2 Å². The zero-order valence-electron chi connectivity index (χ0n) is 13.0. The van der Waals surface area contributed by atoms with Crippen molar-refractivity contribution < 1.29 is 9.59 Å². The summed E-state index contributed by atoms with van der Waals surface area (Å²) in [5, 5.41) is 9.85. The zero-order chi connectivity index (χ0) is 16.2.